The molecule has 1 aromatic rings. The van der Waals surface area contributed by atoms with Crippen LogP contribution < -0.4 is 5.73 Å². The molecule has 3 heteroatoms. The van der Waals surface area contributed by atoms with Crippen LogP contribution in [-0.2, 0) is 11.2 Å². The summed E-state index contributed by atoms with van der Waals surface area (Å²) in [6.45, 7) is 0.832. The highest BCUT2D eigenvalue weighted by atomic mass is 16.5. The number of furan rings is 1. The van der Waals surface area contributed by atoms with Gasteiger partial charge in [-0.25, -0.2) is 0 Å². The highest BCUT2D eigenvalue weighted by Crippen LogP contribution is 2.16. The topological polar surface area (TPSA) is 48.4 Å². The van der Waals surface area contributed by atoms with Gasteiger partial charge < -0.3 is 14.9 Å². The number of hydrogen-bond donors (Lipinski definition) is 1. The smallest absolute Gasteiger partial charge is 0.106 e. The van der Waals surface area contributed by atoms with Gasteiger partial charge in [-0.1, -0.05) is 0 Å². The average Bonchev–Trinajstić information content (AvgIpc) is 2.61. The van der Waals surface area contributed by atoms with Crippen molar-refractivity contribution in [3.63, 3.8) is 0 Å². The lowest BCUT2D eigenvalue weighted by Gasteiger charge is -2.28. The number of rotatable bonds is 2. The Morgan fingerprint density at radius 3 is 3.15 bits per heavy atom. The molecule has 2 heterocycles. The van der Waals surface area contributed by atoms with Crippen molar-refractivity contribution in [3.8, 4) is 0 Å². The summed E-state index contributed by atoms with van der Waals surface area (Å²) in [5, 5.41) is 0. The van der Waals surface area contributed by atoms with Gasteiger partial charge in [0.2, 0.25) is 0 Å². The maximum Gasteiger partial charge on any atom is 0.106 e. The van der Waals surface area contributed by atoms with Crippen LogP contribution in [0.2, 0.25) is 0 Å². The van der Waals surface area contributed by atoms with Crippen LogP contribution in [-0.4, -0.2) is 18.8 Å². The molecule has 2 N–H and O–H groups in total. The molecule has 0 saturated carbocycles. The molecular weight excluding hydrogens is 166 g/mol. The first-order valence-corrected chi connectivity index (χ1v) is 4.76. The van der Waals surface area contributed by atoms with E-state index in [1.165, 1.54) is 0 Å². The van der Waals surface area contributed by atoms with Crippen LogP contribution in [0.1, 0.15) is 18.6 Å². The molecule has 72 valence electrons. The third-order valence-corrected chi connectivity index (χ3v) is 2.47. The summed E-state index contributed by atoms with van der Waals surface area (Å²) in [6, 6.07) is 4.02. The van der Waals surface area contributed by atoms with Crippen LogP contribution in [0.25, 0.3) is 0 Å². The summed E-state index contributed by atoms with van der Waals surface area (Å²) in [7, 11) is 0. The molecular formula is C10H15NO2. The Morgan fingerprint density at radius 2 is 2.46 bits per heavy atom. The molecule has 1 fully saturated rings. The number of hydrogen-bond acceptors (Lipinski definition) is 3. The lowest BCUT2D eigenvalue weighted by molar-refractivity contribution is -0.000405. The van der Waals surface area contributed by atoms with Gasteiger partial charge in [0.25, 0.3) is 0 Å². The first-order valence-electron chi connectivity index (χ1n) is 4.76. The molecule has 0 aromatic carbocycles. The summed E-state index contributed by atoms with van der Waals surface area (Å²) in [4.78, 5) is 0. The zero-order valence-corrected chi connectivity index (χ0v) is 7.61. The van der Waals surface area contributed by atoms with Gasteiger partial charge in [-0.2, -0.15) is 0 Å². The first kappa shape index (κ1) is 8.78. The number of nitrogens with two attached hydrogens (primary N) is 1. The van der Waals surface area contributed by atoms with Gasteiger partial charge >= 0.3 is 0 Å². The van der Waals surface area contributed by atoms with Gasteiger partial charge in [0, 0.05) is 19.1 Å². The van der Waals surface area contributed by atoms with Crippen molar-refractivity contribution in [2.24, 2.45) is 5.73 Å². The van der Waals surface area contributed by atoms with Crippen molar-refractivity contribution in [2.75, 3.05) is 6.61 Å². The van der Waals surface area contributed by atoms with Crippen LogP contribution in [0, 0.1) is 0 Å². The zero-order valence-electron chi connectivity index (χ0n) is 7.61. The van der Waals surface area contributed by atoms with E-state index in [-0.39, 0.29) is 12.1 Å². The Kier molecular flexibility index (Phi) is 2.66. The monoisotopic (exact) mass is 181 g/mol. The predicted octanol–water partition coefficient (Wildman–Crippen LogP) is 1.33. The van der Waals surface area contributed by atoms with E-state index in [1.54, 1.807) is 6.26 Å². The highest BCUT2D eigenvalue weighted by molar-refractivity contribution is 5.01. The molecule has 0 radical (unpaired) electrons. The van der Waals surface area contributed by atoms with Crippen molar-refractivity contribution in [1.29, 1.82) is 0 Å². The van der Waals surface area contributed by atoms with Crippen molar-refractivity contribution in [1.82, 2.24) is 0 Å². The molecule has 2 rings (SSSR count). The summed E-state index contributed by atoms with van der Waals surface area (Å²) in [5.74, 6) is 0.961. The van der Waals surface area contributed by atoms with Gasteiger partial charge in [0.1, 0.15) is 5.76 Å². The largest absolute Gasteiger partial charge is 0.469 e. The molecule has 0 bridgehead atoms. The maximum absolute atomic E-state index is 5.93. The van der Waals surface area contributed by atoms with Crippen molar-refractivity contribution in [2.45, 2.75) is 31.4 Å². The minimum atomic E-state index is 0.139. The summed E-state index contributed by atoms with van der Waals surface area (Å²) in [6.07, 6.45) is 4.76. The molecule has 1 aliphatic rings. The quantitative estimate of drug-likeness (QED) is 0.748. The van der Waals surface area contributed by atoms with E-state index in [0.29, 0.717) is 0 Å². The molecule has 1 aromatic heterocycles. The predicted molar refractivity (Wildman–Crippen MR) is 49.4 cm³/mol. The Morgan fingerprint density at radius 1 is 1.54 bits per heavy atom. The van der Waals surface area contributed by atoms with Crippen molar-refractivity contribution in [3.05, 3.63) is 24.2 Å². The molecule has 2 unspecified atom stereocenters. The van der Waals surface area contributed by atoms with E-state index < -0.39 is 0 Å². The van der Waals surface area contributed by atoms with Gasteiger partial charge in [-0.15, -0.1) is 0 Å². The molecule has 2 atom stereocenters. The second-order valence-corrected chi connectivity index (χ2v) is 3.50. The van der Waals surface area contributed by atoms with E-state index in [2.05, 4.69) is 0 Å². The Balaban J connectivity index is 1.93. The first-order chi connectivity index (χ1) is 6.36. The number of ether oxygens (including phenoxy) is 1. The second-order valence-electron chi connectivity index (χ2n) is 3.50. The zero-order chi connectivity index (χ0) is 9.10. The van der Waals surface area contributed by atoms with Crippen LogP contribution in [0.5, 0.6) is 0 Å². The lowest BCUT2D eigenvalue weighted by Crippen LogP contribution is -2.41. The Hall–Kier alpha value is -0.800. The fraction of sp³-hybridized carbons (Fsp3) is 0.600. The molecule has 0 aliphatic carbocycles. The molecule has 1 saturated heterocycles. The van der Waals surface area contributed by atoms with E-state index in [1.807, 2.05) is 12.1 Å². The van der Waals surface area contributed by atoms with Crippen molar-refractivity contribution >= 4 is 0 Å². The van der Waals surface area contributed by atoms with E-state index in [4.69, 9.17) is 14.9 Å². The van der Waals surface area contributed by atoms with Gasteiger partial charge in [-0.3, -0.25) is 0 Å². The SMILES string of the molecule is NC1CCCOC1Cc1ccco1. The summed E-state index contributed by atoms with van der Waals surface area (Å²) in [5.41, 5.74) is 5.93. The minimum absolute atomic E-state index is 0.139. The van der Waals surface area contributed by atoms with Crippen LogP contribution in [0.3, 0.4) is 0 Å². The third-order valence-electron chi connectivity index (χ3n) is 2.47. The van der Waals surface area contributed by atoms with Crippen LogP contribution >= 0.6 is 0 Å². The minimum Gasteiger partial charge on any atom is -0.469 e. The van der Waals surface area contributed by atoms with E-state index in [0.717, 1.165) is 31.6 Å². The fourth-order valence-corrected chi connectivity index (χ4v) is 1.70. The highest BCUT2D eigenvalue weighted by Gasteiger charge is 2.23. The van der Waals surface area contributed by atoms with E-state index >= 15 is 0 Å². The van der Waals surface area contributed by atoms with Gasteiger partial charge in [0.15, 0.2) is 0 Å². The summed E-state index contributed by atoms with van der Waals surface area (Å²) >= 11 is 0. The Labute approximate surface area is 77.9 Å². The normalized spacial score (nSPS) is 29.0. The molecule has 3 nitrogen and oxygen atoms in total. The molecule has 0 amide bonds. The second kappa shape index (κ2) is 3.94. The average molecular weight is 181 g/mol. The third kappa shape index (κ3) is 2.11. The van der Waals surface area contributed by atoms with Gasteiger partial charge in [0.05, 0.1) is 12.4 Å². The van der Waals surface area contributed by atoms with Crippen molar-refractivity contribution < 1.29 is 9.15 Å². The lowest BCUT2D eigenvalue weighted by atomic mass is 10.00. The van der Waals surface area contributed by atoms with E-state index in [9.17, 15) is 0 Å². The maximum atomic E-state index is 5.93. The van der Waals surface area contributed by atoms with Crippen LogP contribution in [0.4, 0.5) is 0 Å². The summed E-state index contributed by atoms with van der Waals surface area (Å²) < 4.78 is 10.8. The molecule has 13 heavy (non-hydrogen) atoms. The Bertz CT molecular complexity index is 245. The molecule has 1 aliphatic heterocycles. The fourth-order valence-electron chi connectivity index (χ4n) is 1.70. The standard InChI is InChI=1S/C10H15NO2/c11-9-4-2-6-13-10(9)7-8-3-1-5-12-8/h1,3,5,9-10H,2,4,6-7,11H2. The van der Waals surface area contributed by atoms with Gasteiger partial charge in [-0.05, 0) is 25.0 Å². The molecule has 0 spiro atoms. The van der Waals surface area contributed by atoms with Crippen LogP contribution in [0.15, 0.2) is 22.8 Å².